The average molecular weight is 404 g/mol. The smallest absolute Gasteiger partial charge is 0.209 e. The zero-order chi connectivity index (χ0) is 18.0. The molecule has 132 valence electrons. The van der Waals surface area contributed by atoms with E-state index in [1.165, 1.54) is 0 Å². The zero-order valence-electron chi connectivity index (χ0n) is 14.9. The van der Waals surface area contributed by atoms with Crippen molar-refractivity contribution in [1.82, 2.24) is 4.98 Å². The quantitative estimate of drug-likeness (QED) is 0.776. The maximum atomic E-state index is 5.54. The Morgan fingerprint density at radius 2 is 1.84 bits per heavy atom. The molecule has 0 bridgehead atoms. The summed E-state index contributed by atoms with van der Waals surface area (Å²) in [6, 6.07) is 7.80. The Kier molecular flexibility index (Phi) is 5.37. The van der Waals surface area contributed by atoms with E-state index in [2.05, 4.69) is 46.9 Å². The van der Waals surface area contributed by atoms with Crippen molar-refractivity contribution in [2.45, 2.75) is 32.4 Å². The lowest BCUT2D eigenvalue weighted by Crippen LogP contribution is -2.38. The molecule has 0 amide bonds. The lowest BCUT2D eigenvalue weighted by atomic mass is 9.99. The molecule has 2 atom stereocenters. The Labute approximate surface area is 156 Å². The van der Waals surface area contributed by atoms with Gasteiger partial charge in [-0.1, -0.05) is 41.9 Å². The molecular formula is C19H22BrN3O2. The number of pyridine rings is 1. The zero-order valence-corrected chi connectivity index (χ0v) is 16.4. The Morgan fingerprint density at radius 1 is 1.08 bits per heavy atom. The van der Waals surface area contributed by atoms with E-state index < -0.39 is 0 Å². The van der Waals surface area contributed by atoms with E-state index in [-0.39, 0.29) is 12.1 Å². The first-order valence-electron chi connectivity index (χ1n) is 8.30. The number of hydrogen-bond acceptors (Lipinski definition) is 5. The molecule has 0 unspecified atom stereocenters. The molecule has 5 nitrogen and oxygen atoms in total. The van der Waals surface area contributed by atoms with Crippen LogP contribution in [0.4, 0.5) is 0 Å². The van der Waals surface area contributed by atoms with Gasteiger partial charge in [0, 0.05) is 22.5 Å². The first-order chi connectivity index (χ1) is 12.0. The molecule has 1 aromatic carbocycles. The number of hydrogen-bond donors (Lipinski definition) is 0. The summed E-state index contributed by atoms with van der Waals surface area (Å²) >= 11 is 3.59. The van der Waals surface area contributed by atoms with E-state index in [1.54, 1.807) is 14.2 Å². The minimum Gasteiger partial charge on any atom is -0.483 e. The van der Waals surface area contributed by atoms with E-state index in [1.807, 2.05) is 18.3 Å². The summed E-state index contributed by atoms with van der Waals surface area (Å²) in [5.74, 6) is 1.60. The highest BCUT2D eigenvalue weighted by Gasteiger charge is 2.31. The van der Waals surface area contributed by atoms with Crippen LogP contribution in [0.1, 0.15) is 19.4 Å². The molecule has 6 heteroatoms. The highest BCUT2D eigenvalue weighted by atomic mass is 79.9. The number of ether oxygens (including phenoxy) is 2. The van der Waals surface area contributed by atoms with Gasteiger partial charge in [-0.05, 0) is 23.6 Å². The minimum atomic E-state index is -0.207. The number of halogens is 1. The van der Waals surface area contributed by atoms with Crippen LogP contribution < -0.4 is 0 Å². The monoisotopic (exact) mass is 403 g/mol. The van der Waals surface area contributed by atoms with E-state index in [0.29, 0.717) is 24.1 Å². The standard InChI is InChI=1S/C19H22BrN3O2/c1-11(2)16-19(25-4)22-15(18(23-16)24-3)10-12-7-8-14(20)13-6-5-9-21-17(12)13/h5-9,11,15-16H,10H2,1-4H3/t15-,16+/m0/s1. The van der Waals surface area contributed by atoms with Gasteiger partial charge >= 0.3 is 0 Å². The van der Waals surface area contributed by atoms with Crippen molar-refractivity contribution in [3.8, 4) is 0 Å². The molecule has 1 aromatic heterocycles. The van der Waals surface area contributed by atoms with Crippen molar-refractivity contribution in [2.75, 3.05) is 14.2 Å². The van der Waals surface area contributed by atoms with Crippen LogP contribution in [0.15, 0.2) is 44.9 Å². The van der Waals surface area contributed by atoms with Crippen LogP contribution in [0.3, 0.4) is 0 Å². The molecule has 0 N–H and O–H groups in total. The van der Waals surface area contributed by atoms with E-state index in [4.69, 9.17) is 19.5 Å². The fourth-order valence-corrected chi connectivity index (χ4v) is 3.51. The van der Waals surface area contributed by atoms with Crippen LogP contribution in [-0.4, -0.2) is 43.1 Å². The van der Waals surface area contributed by atoms with Crippen molar-refractivity contribution in [1.29, 1.82) is 0 Å². The summed E-state index contributed by atoms with van der Waals surface area (Å²) in [6.07, 6.45) is 2.47. The molecule has 2 aromatic rings. The molecule has 1 aliphatic heterocycles. The second kappa shape index (κ2) is 7.52. The summed E-state index contributed by atoms with van der Waals surface area (Å²) in [5.41, 5.74) is 2.07. The summed E-state index contributed by atoms with van der Waals surface area (Å²) in [5, 5.41) is 1.09. The van der Waals surface area contributed by atoms with Gasteiger partial charge in [0.05, 0.1) is 19.7 Å². The molecule has 0 saturated carbocycles. The fraction of sp³-hybridized carbons (Fsp3) is 0.421. The van der Waals surface area contributed by atoms with Crippen molar-refractivity contribution in [2.24, 2.45) is 15.9 Å². The molecule has 0 aliphatic carbocycles. The summed E-state index contributed by atoms with van der Waals surface area (Å²) < 4.78 is 12.1. The van der Waals surface area contributed by atoms with Gasteiger partial charge in [-0.25, -0.2) is 9.98 Å². The van der Waals surface area contributed by atoms with Crippen molar-refractivity contribution in [3.05, 3.63) is 40.5 Å². The van der Waals surface area contributed by atoms with Gasteiger partial charge in [0.2, 0.25) is 11.8 Å². The second-order valence-corrected chi connectivity index (χ2v) is 7.21. The molecule has 2 heterocycles. The Morgan fingerprint density at radius 3 is 2.52 bits per heavy atom. The Balaban J connectivity index is 1.98. The maximum absolute atomic E-state index is 5.54. The highest BCUT2D eigenvalue weighted by molar-refractivity contribution is 9.10. The third-order valence-electron chi connectivity index (χ3n) is 4.35. The summed E-state index contributed by atoms with van der Waals surface area (Å²) in [6.45, 7) is 4.20. The van der Waals surface area contributed by atoms with Crippen LogP contribution in [-0.2, 0) is 15.9 Å². The Hall–Kier alpha value is -1.95. The molecule has 25 heavy (non-hydrogen) atoms. The third-order valence-corrected chi connectivity index (χ3v) is 5.04. The van der Waals surface area contributed by atoms with Gasteiger partial charge < -0.3 is 9.47 Å². The molecule has 0 saturated heterocycles. The van der Waals surface area contributed by atoms with Gasteiger partial charge in [-0.15, -0.1) is 0 Å². The minimum absolute atomic E-state index is 0.101. The van der Waals surface area contributed by atoms with Crippen molar-refractivity contribution in [3.63, 3.8) is 0 Å². The lowest BCUT2D eigenvalue weighted by molar-refractivity contribution is 0.333. The van der Waals surface area contributed by atoms with Gasteiger partial charge in [0.1, 0.15) is 12.1 Å². The second-order valence-electron chi connectivity index (χ2n) is 6.36. The van der Waals surface area contributed by atoms with Gasteiger partial charge in [0.25, 0.3) is 0 Å². The number of fused-ring (bicyclic) bond motifs is 1. The SMILES string of the molecule is COC1=N[C@H](C(C)C)C(OC)=N[C@H]1Cc1ccc(Br)c2cccnc12. The van der Waals surface area contributed by atoms with Gasteiger partial charge in [-0.2, -0.15) is 0 Å². The molecule has 3 rings (SSSR count). The normalized spacial score (nSPS) is 20.4. The van der Waals surface area contributed by atoms with Crippen LogP contribution in [0.25, 0.3) is 10.9 Å². The van der Waals surface area contributed by atoms with Crippen LogP contribution in [0.2, 0.25) is 0 Å². The number of benzene rings is 1. The van der Waals surface area contributed by atoms with Crippen molar-refractivity contribution < 1.29 is 9.47 Å². The predicted molar refractivity (Wildman–Crippen MR) is 104 cm³/mol. The molecular weight excluding hydrogens is 382 g/mol. The van der Waals surface area contributed by atoms with Gasteiger partial charge in [0.15, 0.2) is 0 Å². The number of aromatic nitrogens is 1. The van der Waals surface area contributed by atoms with Crippen LogP contribution in [0, 0.1) is 5.92 Å². The highest BCUT2D eigenvalue weighted by Crippen LogP contribution is 2.27. The van der Waals surface area contributed by atoms with Crippen molar-refractivity contribution >= 4 is 38.6 Å². The van der Waals surface area contributed by atoms with E-state index >= 15 is 0 Å². The van der Waals surface area contributed by atoms with Crippen LogP contribution >= 0.6 is 15.9 Å². The molecule has 0 spiro atoms. The number of nitrogens with zero attached hydrogens (tertiary/aromatic N) is 3. The largest absolute Gasteiger partial charge is 0.483 e. The third kappa shape index (κ3) is 3.54. The first kappa shape index (κ1) is 17.9. The molecule has 0 radical (unpaired) electrons. The predicted octanol–water partition coefficient (Wildman–Crippen LogP) is 4.04. The number of methoxy groups -OCH3 is 2. The van der Waals surface area contributed by atoms with E-state index in [9.17, 15) is 0 Å². The average Bonchev–Trinajstić information content (AvgIpc) is 2.63. The fourth-order valence-electron chi connectivity index (χ4n) is 3.06. The first-order valence-corrected chi connectivity index (χ1v) is 9.10. The van der Waals surface area contributed by atoms with Gasteiger partial charge in [-0.3, -0.25) is 4.98 Å². The summed E-state index contributed by atoms with van der Waals surface area (Å²) in [4.78, 5) is 14.1. The van der Waals surface area contributed by atoms with E-state index in [0.717, 1.165) is 20.9 Å². The number of rotatable bonds is 3. The Bertz CT molecular complexity index is 833. The topological polar surface area (TPSA) is 56.1 Å². The summed E-state index contributed by atoms with van der Waals surface area (Å²) in [7, 11) is 3.30. The number of aliphatic imine (C=N–C) groups is 2. The molecule has 1 aliphatic rings. The lowest BCUT2D eigenvalue weighted by Gasteiger charge is -2.27. The van der Waals surface area contributed by atoms with Crippen LogP contribution in [0.5, 0.6) is 0 Å². The molecule has 0 fully saturated rings. The maximum Gasteiger partial charge on any atom is 0.209 e.